The van der Waals surface area contributed by atoms with Gasteiger partial charge in [-0.25, -0.2) is 4.98 Å². The van der Waals surface area contributed by atoms with Gasteiger partial charge in [0.15, 0.2) is 0 Å². The molecular weight excluding hydrogens is 284 g/mol. The van der Waals surface area contributed by atoms with E-state index in [1.54, 1.807) is 0 Å². The number of rotatable bonds is 4. The standard InChI is InChI=1S/C19H20N4/c1-13-7-9-16(10-8-13)22-19-20-15(3)12-18(23-19)21-17-6-4-5-14(2)11-17/h4-12H,1-3H3,(H2,20,21,22,23). The fraction of sp³-hybridized carbons (Fsp3) is 0.158. The average Bonchev–Trinajstić information content (AvgIpc) is 2.49. The first-order chi connectivity index (χ1) is 11.1. The second kappa shape index (κ2) is 6.48. The molecule has 3 rings (SSSR count). The van der Waals surface area contributed by atoms with Crippen molar-refractivity contribution in [1.29, 1.82) is 0 Å². The summed E-state index contributed by atoms with van der Waals surface area (Å²) < 4.78 is 0. The first-order valence-corrected chi connectivity index (χ1v) is 7.61. The minimum absolute atomic E-state index is 0.587. The van der Waals surface area contributed by atoms with Crippen molar-refractivity contribution in [3.8, 4) is 0 Å². The molecule has 1 aromatic heterocycles. The third kappa shape index (κ3) is 4.07. The molecule has 4 nitrogen and oxygen atoms in total. The van der Waals surface area contributed by atoms with Gasteiger partial charge in [0.2, 0.25) is 5.95 Å². The molecule has 2 N–H and O–H groups in total. The van der Waals surface area contributed by atoms with Gasteiger partial charge in [-0.1, -0.05) is 29.8 Å². The SMILES string of the molecule is Cc1ccc(Nc2nc(C)cc(Nc3cccc(C)c3)n2)cc1. The van der Waals surface area contributed by atoms with Crippen LogP contribution in [0.2, 0.25) is 0 Å². The van der Waals surface area contributed by atoms with E-state index in [4.69, 9.17) is 0 Å². The number of nitrogens with one attached hydrogen (secondary N) is 2. The monoisotopic (exact) mass is 304 g/mol. The molecule has 0 aliphatic heterocycles. The summed E-state index contributed by atoms with van der Waals surface area (Å²) in [7, 11) is 0. The zero-order valence-corrected chi connectivity index (χ0v) is 13.6. The van der Waals surface area contributed by atoms with Crippen LogP contribution in [0.25, 0.3) is 0 Å². The number of hydrogen-bond donors (Lipinski definition) is 2. The summed E-state index contributed by atoms with van der Waals surface area (Å²) in [5, 5.41) is 6.58. The van der Waals surface area contributed by atoms with Crippen molar-refractivity contribution in [3.63, 3.8) is 0 Å². The van der Waals surface area contributed by atoms with Gasteiger partial charge in [0.25, 0.3) is 0 Å². The molecule has 116 valence electrons. The Morgan fingerprint density at radius 2 is 1.48 bits per heavy atom. The molecule has 0 saturated heterocycles. The topological polar surface area (TPSA) is 49.8 Å². The molecule has 0 fully saturated rings. The summed E-state index contributed by atoms with van der Waals surface area (Å²) in [6.07, 6.45) is 0. The lowest BCUT2D eigenvalue weighted by molar-refractivity contribution is 1.11. The molecule has 0 unspecified atom stereocenters. The van der Waals surface area contributed by atoms with Crippen LogP contribution in [-0.4, -0.2) is 9.97 Å². The molecule has 0 aliphatic carbocycles. The first kappa shape index (κ1) is 15.0. The van der Waals surface area contributed by atoms with E-state index >= 15 is 0 Å². The molecule has 2 aromatic carbocycles. The van der Waals surface area contributed by atoms with E-state index in [0.717, 1.165) is 22.9 Å². The van der Waals surface area contributed by atoms with E-state index < -0.39 is 0 Å². The van der Waals surface area contributed by atoms with Crippen molar-refractivity contribution in [3.05, 3.63) is 71.4 Å². The van der Waals surface area contributed by atoms with Crippen molar-refractivity contribution >= 4 is 23.1 Å². The molecule has 0 aliphatic rings. The maximum Gasteiger partial charge on any atom is 0.229 e. The van der Waals surface area contributed by atoms with Gasteiger partial charge in [0.05, 0.1) is 0 Å². The summed E-state index contributed by atoms with van der Waals surface area (Å²) >= 11 is 0. The van der Waals surface area contributed by atoms with Crippen molar-refractivity contribution in [2.75, 3.05) is 10.6 Å². The largest absolute Gasteiger partial charge is 0.340 e. The van der Waals surface area contributed by atoms with E-state index in [1.807, 2.05) is 37.3 Å². The van der Waals surface area contributed by atoms with Gasteiger partial charge in [0.1, 0.15) is 5.82 Å². The highest BCUT2D eigenvalue weighted by atomic mass is 15.1. The van der Waals surface area contributed by atoms with E-state index in [9.17, 15) is 0 Å². The Morgan fingerprint density at radius 3 is 2.22 bits per heavy atom. The summed E-state index contributed by atoms with van der Waals surface area (Å²) in [5.41, 5.74) is 5.33. The van der Waals surface area contributed by atoms with Gasteiger partial charge in [0, 0.05) is 23.1 Å². The van der Waals surface area contributed by atoms with E-state index in [-0.39, 0.29) is 0 Å². The lowest BCUT2D eigenvalue weighted by Crippen LogP contribution is -2.02. The van der Waals surface area contributed by atoms with E-state index in [0.29, 0.717) is 5.95 Å². The third-order valence-electron chi connectivity index (χ3n) is 3.45. The summed E-state index contributed by atoms with van der Waals surface area (Å²) in [5.74, 6) is 1.36. The van der Waals surface area contributed by atoms with Gasteiger partial charge in [-0.15, -0.1) is 0 Å². The lowest BCUT2D eigenvalue weighted by Gasteiger charge is -2.10. The minimum Gasteiger partial charge on any atom is -0.340 e. The zero-order chi connectivity index (χ0) is 16.2. The Kier molecular flexibility index (Phi) is 4.24. The Morgan fingerprint density at radius 1 is 0.696 bits per heavy atom. The molecule has 23 heavy (non-hydrogen) atoms. The quantitative estimate of drug-likeness (QED) is 0.720. The number of hydrogen-bond acceptors (Lipinski definition) is 4. The van der Waals surface area contributed by atoms with Gasteiger partial charge in [-0.2, -0.15) is 4.98 Å². The molecular formula is C19H20N4. The van der Waals surface area contributed by atoms with Crippen LogP contribution in [-0.2, 0) is 0 Å². The van der Waals surface area contributed by atoms with Gasteiger partial charge >= 0.3 is 0 Å². The van der Waals surface area contributed by atoms with Crippen LogP contribution in [0.3, 0.4) is 0 Å². The van der Waals surface area contributed by atoms with Crippen LogP contribution in [0.1, 0.15) is 16.8 Å². The number of benzene rings is 2. The molecule has 0 radical (unpaired) electrons. The molecule has 0 saturated carbocycles. The van der Waals surface area contributed by atoms with Crippen molar-refractivity contribution in [2.24, 2.45) is 0 Å². The van der Waals surface area contributed by atoms with Crippen LogP contribution in [0.15, 0.2) is 54.6 Å². The van der Waals surface area contributed by atoms with Crippen LogP contribution in [0, 0.1) is 20.8 Å². The van der Waals surface area contributed by atoms with Crippen molar-refractivity contribution < 1.29 is 0 Å². The molecule has 0 amide bonds. The molecule has 0 bridgehead atoms. The van der Waals surface area contributed by atoms with Crippen LogP contribution >= 0.6 is 0 Å². The Balaban J connectivity index is 1.82. The van der Waals surface area contributed by atoms with Gasteiger partial charge in [-0.3, -0.25) is 0 Å². The first-order valence-electron chi connectivity index (χ1n) is 7.61. The zero-order valence-electron chi connectivity index (χ0n) is 13.6. The van der Waals surface area contributed by atoms with Crippen LogP contribution in [0.4, 0.5) is 23.1 Å². The Bertz CT molecular complexity index is 810. The highest BCUT2D eigenvalue weighted by Crippen LogP contribution is 2.20. The van der Waals surface area contributed by atoms with E-state index in [2.05, 4.69) is 58.7 Å². The average molecular weight is 304 g/mol. The van der Waals surface area contributed by atoms with Crippen LogP contribution < -0.4 is 10.6 Å². The highest BCUT2D eigenvalue weighted by molar-refractivity contribution is 5.60. The summed E-state index contributed by atoms with van der Waals surface area (Å²) in [6, 6.07) is 18.3. The predicted octanol–water partition coefficient (Wildman–Crippen LogP) is 4.89. The normalized spacial score (nSPS) is 10.4. The summed E-state index contributed by atoms with van der Waals surface area (Å²) in [4.78, 5) is 8.99. The smallest absolute Gasteiger partial charge is 0.229 e. The summed E-state index contributed by atoms with van der Waals surface area (Å²) in [6.45, 7) is 6.10. The highest BCUT2D eigenvalue weighted by Gasteiger charge is 2.04. The fourth-order valence-corrected chi connectivity index (χ4v) is 2.33. The number of nitrogens with zero attached hydrogens (tertiary/aromatic N) is 2. The maximum atomic E-state index is 4.54. The maximum absolute atomic E-state index is 4.54. The van der Waals surface area contributed by atoms with Gasteiger partial charge < -0.3 is 10.6 Å². The minimum atomic E-state index is 0.587. The lowest BCUT2D eigenvalue weighted by atomic mass is 10.2. The number of anilines is 4. The molecule has 1 heterocycles. The molecule has 4 heteroatoms. The van der Waals surface area contributed by atoms with Gasteiger partial charge in [-0.05, 0) is 50.6 Å². The van der Waals surface area contributed by atoms with Crippen molar-refractivity contribution in [2.45, 2.75) is 20.8 Å². The Labute approximate surface area is 136 Å². The van der Waals surface area contributed by atoms with Crippen molar-refractivity contribution in [1.82, 2.24) is 9.97 Å². The Hall–Kier alpha value is -2.88. The molecule has 0 atom stereocenters. The second-order valence-corrected chi connectivity index (χ2v) is 5.70. The second-order valence-electron chi connectivity index (χ2n) is 5.70. The fourth-order valence-electron chi connectivity index (χ4n) is 2.33. The number of aryl methyl sites for hydroxylation is 3. The molecule has 0 spiro atoms. The van der Waals surface area contributed by atoms with E-state index in [1.165, 1.54) is 11.1 Å². The molecule has 3 aromatic rings. The third-order valence-corrected chi connectivity index (χ3v) is 3.45. The van der Waals surface area contributed by atoms with Crippen LogP contribution in [0.5, 0.6) is 0 Å². The predicted molar refractivity (Wildman–Crippen MR) is 95.7 cm³/mol. The number of aromatic nitrogens is 2.